The van der Waals surface area contributed by atoms with E-state index in [1.807, 2.05) is 0 Å². The van der Waals surface area contributed by atoms with Gasteiger partial charge >= 0.3 is 6.18 Å². The first-order valence-corrected chi connectivity index (χ1v) is 5.35. The molecule has 0 saturated heterocycles. The van der Waals surface area contributed by atoms with Crippen LogP contribution in [0.15, 0.2) is 33.4 Å². The lowest BCUT2D eigenvalue weighted by Gasteiger charge is -2.08. The molecule has 3 rings (SSSR count). The van der Waals surface area contributed by atoms with Crippen LogP contribution in [-0.4, -0.2) is 10.1 Å². The fourth-order valence-electron chi connectivity index (χ4n) is 1.87. The highest BCUT2D eigenvalue weighted by Crippen LogP contribution is 2.37. The van der Waals surface area contributed by atoms with E-state index in [0.717, 1.165) is 6.07 Å². The van der Waals surface area contributed by atoms with E-state index < -0.39 is 11.7 Å². The van der Waals surface area contributed by atoms with Gasteiger partial charge in [0, 0.05) is 0 Å². The molecule has 0 amide bonds. The topological polar surface area (TPSA) is 52.1 Å². The molecule has 0 saturated carbocycles. The van der Waals surface area contributed by atoms with Crippen LogP contribution < -0.4 is 0 Å². The van der Waals surface area contributed by atoms with Gasteiger partial charge in [0.2, 0.25) is 0 Å². The molecule has 0 aromatic carbocycles. The molecule has 3 heterocycles. The zero-order valence-corrected chi connectivity index (χ0v) is 9.65. The predicted molar refractivity (Wildman–Crippen MR) is 59.2 cm³/mol. The molecular formula is C12H7F3N2O2. The molecule has 0 aliphatic rings. The van der Waals surface area contributed by atoms with Crippen LogP contribution in [0.1, 0.15) is 11.3 Å². The summed E-state index contributed by atoms with van der Waals surface area (Å²) >= 11 is 0. The normalized spacial score (nSPS) is 12.2. The number of pyridine rings is 1. The predicted octanol–water partition coefficient (Wildman–Crippen LogP) is 3.81. The second-order valence-electron chi connectivity index (χ2n) is 3.98. The highest BCUT2D eigenvalue weighted by Gasteiger charge is 2.35. The molecule has 0 unspecified atom stereocenters. The molecule has 0 aliphatic heterocycles. The van der Waals surface area contributed by atoms with Gasteiger partial charge in [0.1, 0.15) is 5.69 Å². The van der Waals surface area contributed by atoms with Gasteiger partial charge in [0.15, 0.2) is 5.76 Å². The van der Waals surface area contributed by atoms with Crippen molar-refractivity contribution in [3.05, 3.63) is 35.7 Å². The van der Waals surface area contributed by atoms with Crippen molar-refractivity contribution in [3.8, 4) is 11.5 Å². The minimum absolute atomic E-state index is 0.0565. The SMILES string of the molecule is Cc1noc2nc(-c3ccco3)cc(C(F)(F)F)c12. The third kappa shape index (κ3) is 1.87. The molecule has 0 N–H and O–H groups in total. The number of hydrogen-bond acceptors (Lipinski definition) is 4. The van der Waals surface area contributed by atoms with Crippen molar-refractivity contribution >= 4 is 11.1 Å². The van der Waals surface area contributed by atoms with Crippen molar-refractivity contribution in [2.24, 2.45) is 0 Å². The van der Waals surface area contributed by atoms with Crippen molar-refractivity contribution in [3.63, 3.8) is 0 Å². The maximum Gasteiger partial charge on any atom is 0.417 e. The highest BCUT2D eigenvalue weighted by atomic mass is 19.4. The summed E-state index contributed by atoms with van der Waals surface area (Å²) in [6.45, 7) is 1.44. The number of halogens is 3. The number of fused-ring (bicyclic) bond motifs is 1. The summed E-state index contributed by atoms with van der Waals surface area (Å²) in [6.07, 6.45) is -3.15. The van der Waals surface area contributed by atoms with Gasteiger partial charge < -0.3 is 8.94 Å². The van der Waals surface area contributed by atoms with Crippen LogP contribution in [-0.2, 0) is 6.18 Å². The summed E-state index contributed by atoms with van der Waals surface area (Å²) in [6, 6.07) is 4.03. The highest BCUT2D eigenvalue weighted by molar-refractivity contribution is 5.83. The number of nitrogens with zero attached hydrogens (tertiary/aromatic N) is 2. The average molecular weight is 268 g/mol. The van der Waals surface area contributed by atoms with Gasteiger partial charge in [0.25, 0.3) is 5.71 Å². The van der Waals surface area contributed by atoms with E-state index in [2.05, 4.69) is 10.1 Å². The first kappa shape index (κ1) is 11.8. The summed E-state index contributed by atoms with van der Waals surface area (Å²) in [5.41, 5.74) is -0.775. The molecule has 0 aliphatic carbocycles. The zero-order chi connectivity index (χ0) is 13.6. The minimum atomic E-state index is -4.52. The zero-order valence-electron chi connectivity index (χ0n) is 9.65. The van der Waals surface area contributed by atoms with Crippen molar-refractivity contribution in [1.82, 2.24) is 10.1 Å². The van der Waals surface area contributed by atoms with Crippen LogP contribution in [0.5, 0.6) is 0 Å². The maximum atomic E-state index is 13.1. The van der Waals surface area contributed by atoms with Gasteiger partial charge in [-0.2, -0.15) is 13.2 Å². The Labute approximate surface area is 104 Å². The third-order valence-electron chi connectivity index (χ3n) is 2.70. The minimum Gasteiger partial charge on any atom is -0.463 e. The summed E-state index contributed by atoms with van der Waals surface area (Å²) in [5, 5.41) is 3.40. The monoisotopic (exact) mass is 268 g/mol. The second kappa shape index (κ2) is 3.84. The summed E-state index contributed by atoms with van der Waals surface area (Å²) in [5.74, 6) is 0.237. The van der Waals surface area contributed by atoms with Crippen LogP contribution in [0.4, 0.5) is 13.2 Å². The Balaban J connectivity index is 2.34. The number of furan rings is 1. The Hall–Kier alpha value is -2.31. The molecule has 98 valence electrons. The summed E-state index contributed by atoms with van der Waals surface area (Å²) in [4.78, 5) is 3.99. The van der Waals surface area contributed by atoms with Gasteiger partial charge in [0.05, 0.1) is 22.9 Å². The molecule has 4 nitrogen and oxygen atoms in total. The van der Waals surface area contributed by atoms with E-state index in [9.17, 15) is 13.2 Å². The lowest BCUT2D eigenvalue weighted by atomic mass is 10.1. The average Bonchev–Trinajstić information content (AvgIpc) is 2.97. The standard InChI is InChI=1S/C12H7F3N2O2/c1-6-10-7(12(13,14)15)5-8(9-3-2-4-18-9)16-11(10)19-17-6/h2-5H,1H3. The first-order valence-electron chi connectivity index (χ1n) is 5.35. The smallest absolute Gasteiger partial charge is 0.417 e. The first-order chi connectivity index (χ1) is 8.97. The van der Waals surface area contributed by atoms with Crippen LogP contribution in [0, 0.1) is 6.92 Å². The molecule has 3 aromatic rings. The van der Waals surface area contributed by atoms with Crippen LogP contribution in [0.3, 0.4) is 0 Å². The fourth-order valence-corrected chi connectivity index (χ4v) is 1.87. The fraction of sp³-hybridized carbons (Fsp3) is 0.167. The Morgan fingerprint density at radius 2 is 2.05 bits per heavy atom. The molecule has 3 aromatic heterocycles. The van der Waals surface area contributed by atoms with E-state index in [-0.39, 0.29) is 28.2 Å². The molecule has 7 heteroatoms. The quantitative estimate of drug-likeness (QED) is 0.673. The van der Waals surface area contributed by atoms with Crippen LogP contribution in [0.2, 0.25) is 0 Å². The van der Waals surface area contributed by atoms with Gasteiger partial charge in [-0.25, -0.2) is 4.98 Å². The van der Waals surface area contributed by atoms with Gasteiger partial charge in [-0.05, 0) is 25.1 Å². The van der Waals surface area contributed by atoms with E-state index >= 15 is 0 Å². The number of hydrogen-bond donors (Lipinski definition) is 0. The lowest BCUT2D eigenvalue weighted by Crippen LogP contribution is -2.07. The van der Waals surface area contributed by atoms with Crippen molar-refractivity contribution < 1.29 is 22.1 Å². The van der Waals surface area contributed by atoms with E-state index in [0.29, 0.717) is 0 Å². The van der Waals surface area contributed by atoms with Gasteiger partial charge in [-0.1, -0.05) is 5.16 Å². The van der Waals surface area contributed by atoms with E-state index in [1.54, 1.807) is 6.07 Å². The second-order valence-corrected chi connectivity index (χ2v) is 3.98. The van der Waals surface area contributed by atoms with E-state index in [4.69, 9.17) is 8.94 Å². The third-order valence-corrected chi connectivity index (χ3v) is 2.70. The van der Waals surface area contributed by atoms with Crippen molar-refractivity contribution in [2.75, 3.05) is 0 Å². The number of aromatic nitrogens is 2. The number of rotatable bonds is 1. The Bertz CT molecular complexity index is 729. The number of alkyl halides is 3. The molecular weight excluding hydrogens is 261 g/mol. The Morgan fingerprint density at radius 3 is 2.68 bits per heavy atom. The lowest BCUT2D eigenvalue weighted by molar-refractivity contribution is -0.136. The molecule has 0 fully saturated rings. The number of aryl methyl sites for hydroxylation is 1. The van der Waals surface area contributed by atoms with Crippen molar-refractivity contribution in [1.29, 1.82) is 0 Å². The largest absolute Gasteiger partial charge is 0.463 e. The Kier molecular flexibility index (Phi) is 2.38. The molecule has 0 radical (unpaired) electrons. The van der Waals surface area contributed by atoms with Crippen LogP contribution >= 0.6 is 0 Å². The summed E-state index contributed by atoms with van der Waals surface area (Å²) < 4.78 is 49.1. The molecule has 0 atom stereocenters. The molecule has 0 bridgehead atoms. The maximum absolute atomic E-state index is 13.1. The van der Waals surface area contributed by atoms with E-state index in [1.165, 1.54) is 19.3 Å². The van der Waals surface area contributed by atoms with Crippen molar-refractivity contribution in [2.45, 2.75) is 13.1 Å². The van der Waals surface area contributed by atoms with Crippen LogP contribution in [0.25, 0.3) is 22.6 Å². The summed E-state index contributed by atoms with van der Waals surface area (Å²) in [7, 11) is 0. The van der Waals surface area contributed by atoms with Gasteiger partial charge in [-0.15, -0.1) is 0 Å². The molecule has 0 spiro atoms. The molecule has 19 heavy (non-hydrogen) atoms. The van der Waals surface area contributed by atoms with Gasteiger partial charge in [-0.3, -0.25) is 0 Å². The Morgan fingerprint density at radius 1 is 1.26 bits per heavy atom.